The number of aryl methyl sites for hydroxylation is 1. The topological polar surface area (TPSA) is 24.1 Å². The molecule has 3 heteroatoms. The van der Waals surface area contributed by atoms with Crippen LogP contribution in [-0.2, 0) is 13.0 Å². The number of hydrogen-bond donors (Lipinski definition) is 2. The molecule has 3 rings (SSSR count). The van der Waals surface area contributed by atoms with Crippen LogP contribution in [0.4, 0.5) is 5.69 Å². The largest absolute Gasteiger partial charge is 0.381 e. The zero-order valence-corrected chi connectivity index (χ0v) is 12.3. The van der Waals surface area contributed by atoms with Crippen LogP contribution in [0.25, 0.3) is 0 Å². The van der Waals surface area contributed by atoms with Crippen LogP contribution in [0.1, 0.15) is 17.5 Å². The Morgan fingerprint density at radius 3 is 2.60 bits per heavy atom. The lowest BCUT2D eigenvalue weighted by Crippen LogP contribution is -2.35. The monoisotopic (exact) mass is 288 g/mol. The zero-order valence-electron chi connectivity index (χ0n) is 11.5. The van der Waals surface area contributed by atoms with Crippen molar-refractivity contribution in [2.24, 2.45) is 0 Å². The molecule has 2 aromatic rings. The molecule has 106 valence electrons. The molecule has 0 bridgehead atoms. The lowest BCUT2D eigenvalue weighted by molar-refractivity contribution is 0.559. The molecule has 2 aromatic carbocycles. The van der Waals surface area contributed by atoms with Gasteiger partial charge in [0.2, 0.25) is 0 Å². The highest BCUT2D eigenvalue weighted by molar-refractivity contribution is 5.85. The van der Waals surface area contributed by atoms with Crippen LogP contribution in [0.5, 0.6) is 0 Å². The number of anilines is 1. The van der Waals surface area contributed by atoms with E-state index in [1.54, 1.807) is 0 Å². The van der Waals surface area contributed by atoms with Crippen molar-refractivity contribution in [3.8, 4) is 0 Å². The maximum absolute atomic E-state index is 3.62. The number of hydrogen-bond acceptors (Lipinski definition) is 2. The molecule has 0 amide bonds. The Morgan fingerprint density at radius 1 is 1.00 bits per heavy atom. The third kappa shape index (κ3) is 3.75. The molecule has 20 heavy (non-hydrogen) atoms. The minimum atomic E-state index is 0. The summed E-state index contributed by atoms with van der Waals surface area (Å²) in [6.45, 7) is 1.96. The molecule has 0 aromatic heterocycles. The van der Waals surface area contributed by atoms with E-state index in [9.17, 15) is 0 Å². The van der Waals surface area contributed by atoms with Gasteiger partial charge >= 0.3 is 0 Å². The second-order valence-electron chi connectivity index (χ2n) is 5.15. The van der Waals surface area contributed by atoms with E-state index in [4.69, 9.17) is 0 Å². The fourth-order valence-corrected chi connectivity index (χ4v) is 2.64. The van der Waals surface area contributed by atoms with E-state index in [-0.39, 0.29) is 12.4 Å². The number of fused-ring (bicyclic) bond motifs is 1. The lowest BCUT2D eigenvalue weighted by Gasteiger charge is -2.27. The minimum Gasteiger partial charge on any atom is -0.381 e. The van der Waals surface area contributed by atoms with Gasteiger partial charge in [0.15, 0.2) is 0 Å². The van der Waals surface area contributed by atoms with Crippen molar-refractivity contribution < 1.29 is 0 Å². The van der Waals surface area contributed by atoms with Gasteiger partial charge in [-0.1, -0.05) is 48.5 Å². The molecule has 0 saturated heterocycles. The van der Waals surface area contributed by atoms with Crippen molar-refractivity contribution in [1.82, 2.24) is 5.32 Å². The first-order chi connectivity index (χ1) is 9.42. The summed E-state index contributed by atoms with van der Waals surface area (Å²) < 4.78 is 0. The van der Waals surface area contributed by atoms with Crippen LogP contribution in [0.15, 0.2) is 54.6 Å². The van der Waals surface area contributed by atoms with Crippen molar-refractivity contribution in [1.29, 1.82) is 0 Å². The number of para-hydroxylation sites is 1. The van der Waals surface area contributed by atoms with Crippen LogP contribution in [-0.4, -0.2) is 12.6 Å². The molecular formula is C17H21ClN2. The third-order valence-electron chi connectivity index (χ3n) is 3.70. The molecule has 1 atom stereocenters. The molecule has 0 saturated carbocycles. The van der Waals surface area contributed by atoms with Gasteiger partial charge in [-0.25, -0.2) is 0 Å². The highest BCUT2D eigenvalue weighted by Gasteiger charge is 2.16. The first-order valence-electron chi connectivity index (χ1n) is 7.01. The summed E-state index contributed by atoms with van der Waals surface area (Å²) in [6.07, 6.45) is 2.39. The average Bonchev–Trinajstić information content (AvgIpc) is 2.48. The van der Waals surface area contributed by atoms with Crippen LogP contribution in [0, 0.1) is 0 Å². The summed E-state index contributed by atoms with van der Waals surface area (Å²) in [6, 6.07) is 19.7. The van der Waals surface area contributed by atoms with Crippen molar-refractivity contribution in [3.63, 3.8) is 0 Å². The minimum absolute atomic E-state index is 0. The van der Waals surface area contributed by atoms with E-state index in [0.29, 0.717) is 6.04 Å². The van der Waals surface area contributed by atoms with E-state index in [0.717, 1.165) is 13.1 Å². The maximum atomic E-state index is 3.62. The van der Waals surface area contributed by atoms with Crippen molar-refractivity contribution in [2.45, 2.75) is 25.4 Å². The Kier molecular flexibility index (Phi) is 5.45. The Balaban J connectivity index is 0.00000147. The first kappa shape index (κ1) is 14.9. The second-order valence-corrected chi connectivity index (χ2v) is 5.15. The summed E-state index contributed by atoms with van der Waals surface area (Å²) in [7, 11) is 0. The molecule has 2 N–H and O–H groups in total. The van der Waals surface area contributed by atoms with Gasteiger partial charge in [0.25, 0.3) is 0 Å². The van der Waals surface area contributed by atoms with Gasteiger partial charge in [0, 0.05) is 24.8 Å². The summed E-state index contributed by atoms with van der Waals surface area (Å²) >= 11 is 0. The lowest BCUT2D eigenvalue weighted by atomic mass is 9.98. The van der Waals surface area contributed by atoms with E-state index in [1.165, 1.54) is 29.7 Å². The second kappa shape index (κ2) is 7.32. The van der Waals surface area contributed by atoms with E-state index >= 15 is 0 Å². The standard InChI is InChI=1S/C17H20N2.ClH/c1-2-6-14(7-3-1)12-18-13-16-11-10-15-8-4-5-9-17(15)19-16;/h1-9,16,18-19H,10-13H2;1H. The smallest absolute Gasteiger partial charge is 0.0389 e. The highest BCUT2D eigenvalue weighted by Crippen LogP contribution is 2.23. The van der Waals surface area contributed by atoms with E-state index in [2.05, 4.69) is 65.2 Å². The first-order valence-corrected chi connectivity index (χ1v) is 7.01. The van der Waals surface area contributed by atoms with Crippen LogP contribution >= 0.6 is 12.4 Å². The zero-order chi connectivity index (χ0) is 12.9. The molecule has 1 aliphatic heterocycles. The Labute approximate surface area is 127 Å². The summed E-state index contributed by atoms with van der Waals surface area (Å²) in [5.74, 6) is 0. The van der Waals surface area contributed by atoms with Gasteiger partial charge in [-0.3, -0.25) is 0 Å². The maximum Gasteiger partial charge on any atom is 0.0389 e. The quantitative estimate of drug-likeness (QED) is 0.898. The van der Waals surface area contributed by atoms with Crippen molar-refractivity contribution >= 4 is 18.1 Å². The molecule has 2 nitrogen and oxygen atoms in total. The van der Waals surface area contributed by atoms with Gasteiger partial charge in [0.05, 0.1) is 0 Å². The van der Waals surface area contributed by atoms with Gasteiger partial charge in [-0.2, -0.15) is 0 Å². The van der Waals surface area contributed by atoms with Crippen molar-refractivity contribution in [3.05, 3.63) is 65.7 Å². The predicted octanol–water partition coefficient (Wildman–Crippen LogP) is 3.62. The Hall–Kier alpha value is -1.51. The fraction of sp³-hybridized carbons (Fsp3) is 0.294. The normalized spacial score (nSPS) is 16.7. The van der Waals surface area contributed by atoms with E-state index in [1.807, 2.05) is 0 Å². The summed E-state index contributed by atoms with van der Waals surface area (Å²) in [5, 5.41) is 7.16. The molecule has 0 aliphatic carbocycles. The molecule has 0 spiro atoms. The third-order valence-corrected chi connectivity index (χ3v) is 3.70. The summed E-state index contributed by atoms with van der Waals surface area (Å²) in [4.78, 5) is 0. The van der Waals surface area contributed by atoms with E-state index < -0.39 is 0 Å². The number of nitrogens with one attached hydrogen (secondary N) is 2. The predicted molar refractivity (Wildman–Crippen MR) is 87.6 cm³/mol. The van der Waals surface area contributed by atoms with Gasteiger partial charge in [-0.05, 0) is 30.0 Å². The molecule has 1 unspecified atom stereocenters. The van der Waals surface area contributed by atoms with Gasteiger partial charge in [0.1, 0.15) is 0 Å². The van der Waals surface area contributed by atoms with Gasteiger partial charge < -0.3 is 10.6 Å². The summed E-state index contributed by atoms with van der Waals surface area (Å²) in [5.41, 5.74) is 4.10. The molecule has 0 radical (unpaired) electrons. The van der Waals surface area contributed by atoms with Crippen LogP contribution < -0.4 is 10.6 Å². The SMILES string of the molecule is Cl.c1ccc(CNCC2CCc3ccccc3N2)cc1. The number of halogens is 1. The fourth-order valence-electron chi connectivity index (χ4n) is 2.64. The highest BCUT2D eigenvalue weighted by atomic mass is 35.5. The van der Waals surface area contributed by atoms with Crippen LogP contribution in [0.3, 0.4) is 0 Å². The molecular weight excluding hydrogens is 268 g/mol. The molecule has 0 fully saturated rings. The number of rotatable bonds is 4. The molecule has 1 aliphatic rings. The Bertz CT molecular complexity index is 528. The Morgan fingerprint density at radius 2 is 1.75 bits per heavy atom. The molecule has 1 heterocycles. The van der Waals surface area contributed by atoms with Gasteiger partial charge in [-0.15, -0.1) is 12.4 Å². The average molecular weight is 289 g/mol. The van der Waals surface area contributed by atoms with Crippen molar-refractivity contribution in [2.75, 3.05) is 11.9 Å². The number of benzene rings is 2. The van der Waals surface area contributed by atoms with Crippen LogP contribution in [0.2, 0.25) is 0 Å².